The van der Waals surface area contributed by atoms with E-state index in [1.807, 2.05) is 35.2 Å². The lowest BCUT2D eigenvalue weighted by atomic mass is 10.1. The van der Waals surface area contributed by atoms with Crippen LogP contribution in [0.2, 0.25) is 0 Å². The van der Waals surface area contributed by atoms with Crippen LogP contribution in [0.3, 0.4) is 0 Å². The van der Waals surface area contributed by atoms with Crippen LogP contribution in [0, 0.1) is 0 Å². The van der Waals surface area contributed by atoms with E-state index in [1.165, 1.54) is 13.2 Å². The van der Waals surface area contributed by atoms with Crippen molar-refractivity contribution in [3.05, 3.63) is 58.4 Å². The Morgan fingerprint density at radius 1 is 1.17 bits per heavy atom. The van der Waals surface area contributed by atoms with Crippen LogP contribution in [0.15, 0.2) is 47.3 Å². The highest BCUT2D eigenvalue weighted by atomic mass is 16.5. The Balaban J connectivity index is 1.69. The summed E-state index contributed by atoms with van der Waals surface area (Å²) in [5.74, 6) is -0.441. The molecule has 1 fully saturated rings. The Bertz CT molecular complexity index is 893. The first-order valence-electron chi connectivity index (χ1n) is 9.39. The number of carbonyl (C=O) groups is 2. The number of hydrogen-bond donors (Lipinski definition) is 1. The maximum Gasteiger partial charge on any atom is 0.328 e. The summed E-state index contributed by atoms with van der Waals surface area (Å²) in [5.41, 5.74) is 0.489. The topological polar surface area (TPSA) is 103 Å². The standard InChI is InChI=1S/C20H24N4O5/c1-28-20(27)16(13-15-5-3-2-4-6-15)21-18(25)14-24-19(26)8-7-17(22-24)23-9-11-29-12-10-23/h2-8,16H,9-14H2,1H3,(H,21,25)/t16-/m1/s1. The lowest BCUT2D eigenvalue weighted by Crippen LogP contribution is -2.45. The molecule has 1 aliphatic rings. The number of morpholine rings is 1. The predicted molar refractivity (Wildman–Crippen MR) is 106 cm³/mol. The fraction of sp³-hybridized carbons (Fsp3) is 0.400. The summed E-state index contributed by atoms with van der Waals surface area (Å²) in [4.78, 5) is 38.7. The molecule has 2 heterocycles. The number of rotatable bonds is 7. The average molecular weight is 400 g/mol. The number of aromatic nitrogens is 2. The molecule has 1 amide bonds. The van der Waals surface area contributed by atoms with Crippen LogP contribution in [0.1, 0.15) is 5.56 Å². The Labute approximate surface area is 168 Å². The van der Waals surface area contributed by atoms with Crippen molar-refractivity contribution in [1.82, 2.24) is 15.1 Å². The minimum Gasteiger partial charge on any atom is -0.467 e. The fourth-order valence-corrected chi connectivity index (χ4v) is 3.07. The quantitative estimate of drug-likeness (QED) is 0.652. The molecule has 29 heavy (non-hydrogen) atoms. The van der Waals surface area contributed by atoms with Gasteiger partial charge in [-0.15, -0.1) is 0 Å². The van der Waals surface area contributed by atoms with E-state index in [0.717, 1.165) is 10.2 Å². The highest BCUT2D eigenvalue weighted by molar-refractivity contribution is 5.84. The monoisotopic (exact) mass is 400 g/mol. The van der Waals surface area contributed by atoms with Gasteiger partial charge in [0.05, 0.1) is 20.3 Å². The lowest BCUT2D eigenvalue weighted by molar-refractivity contribution is -0.145. The molecule has 154 valence electrons. The van der Waals surface area contributed by atoms with Gasteiger partial charge in [0.2, 0.25) is 5.91 Å². The van der Waals surface area contributed by atoms with E-state index in [-0.39, 0.29) is 13.0 Å². The summed E-state index contributed by atoms with van der Waals surface area (Å²) in [6.45, 7) is 2.21. The first-order valence-corrected chi connectivity index (χ1v) is 9.39. The van der Waals surface area contributed by atoms with Gasteiger partial charge < -0.3 is 19.7 Å². The number of nitrogens with zero attached hydrogens (tertiary/aromatic N) is 3. The van der Waals surface area contributed by atoms with E-state index in [0.29, 0.717) is 32.1 Å². The highest BCUT2D eigenvalue weighted by Crippen LogP contribution is 2.10. The number of ether oxygens (including phenoxy) is 2. The summed E-state index contributed by atoms with van der Waals surface area (Å²) < 4.78 is 11.2. The molecule has 0 bridgehead atoms. The molecular weight excluding hydrogens is 376 g/mol. The smallest absolute Gasteiger partial charge is 0.328 e. The Morgan fingerprint density at radius 3 is 2.59 bits per heavy atom. The second kappa shape index (κ2) is 9.83. The first-order chi connectivity index (χ1) is 14.1. The summed E-state index contributed by atoms with van der Waals surface area (Å²) in [6.07, 6.45) is 0.287. The average Bonchev–Trinajstić information content (AvgIpc) is 2.75. The molecule has 0 radical (unpaired) electrons. The molecule has 1 aliphatic heterocycles. The van der Waals surface area contributed by atoms with Crippen LogP contribution >= 0.6 is 0 Å². The van der Waals surface area contributed by atoms with E-state index >= 15 is 0 Å². The van der Waals surface area contributed by atoms with Gasteiger partial charge in [0, 0.05) is 25.6 Å². The highest BCUT2D eigenvalue weighted by Gasteiger charge is 2.22. The number of anilines is 1. The van der Waals surface area contributed by atoms with Crippen molar-refractivity contribution >= 4 is 17.7 Å². The number of methoxy groups -OCH3 is 1. The normalized spacial score (nSPS) is 14.9. The van der Waals surface area contributed by atoms with Crippen molar-refractivity contribution in [2.75, 3.05) is 38.3 Å². The van der Waals surface area contributed by atoms with Crippen LogP contribution in [0.25, 0.3) is 0 Å². The molecule has 1 aromatic carbocycles. The molecule has 1 N–H and O–H groups in total. The van der Waals surface area contributed by atoms with Gasteiger partial charge in [-0.2, -0.15) is 5.10 Å². The minimum absolute atomic E-state index is 0.287. The van der Waals surface area contributed by atoms with Crippen molar-refractivity contribution in [2.45, 2.75) is 19.0 Å². The fourth-order valence-electron chi connectivity index (χ4n) is 3.07. The molecule has 9 heteroatoms. The maximum absolute atomic E-state index is 12.5. The van der Waals surface area contributed by atoms with Gasteiger partial charge in [-0.1, -0.05) is 30.3 Å². The third-order valence-electron chi connectivity index (χ3n) is 4.58. The third kappa shape index (κ3) is 5.64. The van der Waals surface area contributed by atoms with E-state index in [9.17, 15) is 14.4 Å². The lowest BCUT2D eigenvalue weighted by Gasteiger charge is -2.27. The zero-order valence-electron chi connectivity index (χ0n) is 16.2. The number of amides is 1. The largest absolute Gasteiger partial charge is 0.467 e. The van der Waals surface area contributed by atoms with Gasteiger partial charge in [0.15, 0.2) is 0 Å². The molecule has 0 spiro atoms. The van der Waals surface area contributed by atoms with Gasteiger partial charge >= 0.3 is 5.97 Å². The molecule has 0 unspecified atom stereocenters. The molecule has 1 atom stereocenters. The first kappa shape index (κ1) is 20.5. The number of hydrogen-bond acceptors (Lipinski definition) is 7. The van der Waals surface area contributed by atoms with E-state index in [4.69, 9.17) is 9.47 Å². The number of carbonyl (C=O) groups excluding carboxylic acids is 2. The van der Waals surface area contributed by atoms with Gasteiger partial charge in [-0.25, -0.2) is 9.48 Å². The molecule has 3 rings (SSSR count). The van der Waals surface area contributed by atoms with E-state index in [2.05, 4.69) is 10.4 Å². The zero-order valence-corrected chi connectivity index (χ0v) is 16.2. The molecule has 0 saturated carbocycles. The molecule has 1 aromatic heterocycles. The molecular formula is C20H24N4O5. The summed E-state index contributed by atoms with van der Waals surface area (Å²) >= 11 is 0. The Morgan fingerprint density at radius 2 is 1.90 bits per heavy atom. The second-order valence-corrected chi connectivity index (χ2v) is 6.62. The van der Waals surface area contributed by atoms with Crippen LogP contribution < -0.4 is 15.8 Å². The van der Waals surface area contributed by atoms with Gasteiger partial charge in [0.25, 0.3) is 5.56 Å². The Hall–Kier alpha value is -3.20. The molecule has 9 nitrogen and oxygen atoms in total. The maximum atomic E-state index is 12.5. The molecule has 2 aromatic rings. The van der Waals surface area contributed by atoms with Crippen LogP contribution in [0.5, 0.6) is 0 Å². The third-order valence-corrected chi connectivity index (χ3v) is 4.58. The Kier molecular flexibility index (Phi) is 6.96. The van der Waals surface area contributed by atoms with Crippen LogP contribution in [-0.2, 0) is 32.0 Å². The van der Waals surface area contributed by atoms with E-state index < -0.39 is 23.5 Å². The van der Waals surface area contributed by atoms with Crippen molar-refractivity contribution in [2.24, 2.45) is 0 Å². The van der Waals surface area contributed by atoms with Crippen molar-refractivity contribution in [3.8, 4) is 0 Å². The predicted octanol–water partition coefficient (Wildman–Crippen LogP) is -0.0196. The van der Waals surface area contributed by atoms with E-state index in [1.54, 1.807) is 6.07 Å². The number of esters is 1. The SMILES string of the molecule is COC(=O)[C@@H](Cc1ccccc1)NC(=O)Cn1nc(N2CCOCC2)ccc1=O. The second-order valence-electron chi connectivity index (χ2n) is 6.62. The van der Waals surface area contributed by atoms with Gasteiger partial charge in [-0.05, 0) is 11.6 Å². The van der Waals surface area contributed by atoms with Crippen LogP contribution in [-0.4, -0.2) is 61.1 Å². The molecule has 0 aliphatic carbocycles. The summed E-state index contributed by atoms with van der Waals surface area (Å²) in [6, 6.07) is 11.5. The zero-order chi connectivity index (χ0) is 20.6. The summed E-state index contributed by atoms with van der Waals surface area (Å²) in [5, 5.41) is 6.93. The van der Waals surface area contributed by atoms with Crippen LogP contribution in [0.4, 0.5) is 5.82 Å². The number of benzene rings is 1. The van der Waals surface area contributed by atoms with Gasteiger partial charge in [-0.3, -0.25) is 9.59 Å². The van der Waals surface area contributed by atoms with Crippen molar-refractivity contribution in [3.63, 3.8) is 0 Å². The van der Waals surface area contributed by atoms with Crippen molar-refractivity contribution in [1.29, 1.82) is 0 Å². The number of nitrogens with one attached hydrogen (secondary N) is 1. The van der Waals surface area contributed by atoms with Crippen molar-refractivity contribution < 1.29 is 19.1 Å². The minimum atomic E-state index is -0.854. The van der Waals surface area contributed by atoms with Gasteiger partial charge in [0.1, 0.15) is 18.4 Å². The summed E-state index contributed by atoms with van der Waals surface area (Å²) in [7, 11) is 1.27. The molecule has 1 saturated heterocycles.